The quantitative estimate of drug-likeness (QED) is 0.578. The van der Waals surface area contributed by atoms with Gasteiger partial charge in [-0.05, 0) is 36.8 Å². The van der Waals surface area contributed by atoms with Crippen molar-refractivity contribution in [1.29, 1.82) is 0 Å². The molecule has 5 nitrogen and oxygen atoms in total. The average Bonchev–Trinajstić information content (AvgIpc) is 3.16. The number of carbonyl (C=O) groups is 1. The van der Waals surface area contributed by atoms with Crippen molar-refractivity contribution < 1.29 is 13.9 Å². The summed E-state index contributed by atoms with van der Waals surface area (Å²) in [6.45, 7) is 3.17. The van der Waals surface area contributed by atoms with Gasteiger partial charge in [0.05, 0.1) is 18.1 Å². The van der Waals surface area contributed by atoms with Crippen LogP contribution < -0.4 is 5.32 Å². The van der Waals surface area contributed by atoms with E-state index in [0.29, 0.717) is 30.6 Å². The summed E-state index contributed by atoms with van der Waals surface area (Å²) in [6.07, 6.45) is 1.64. The standard InChI is InChI=1S/C21H22N2O3S/c1-2-25-12-16-7-6-10-18(11-16)22-20(24)15-27-14-19-13-26-21(23-19)17-8-4-3-5-9-17/h3-11,13H,2,12,14-15H2,1H3,(H,22,24). The van der Waals surface area contributed by atoms with Gasteiger partial charge in [-0.15, -0.1) is 11.8 Å². The number of amides is 1. The first-order valence-electron chi connectivity index (χ1n) is 8.78. The van der Waals surface area contributed by atoms with Crippen molar-refractivity contribution in [3.63, 3.8) is 0 Å². The molecule has 0 unspecified atom stereocenters. The van der Waals surface area contributed by atoms with Crippen molar-refractivity contribution in [2.75, 3.05) is 17.7 Å². The summed E-state index contributed by atoms with van der Waals surface area (Å²) in [7, 11) is 0. The number of anilines is 1. The molecule has 1 amide bonds. The van der Waals surface area contributed by atoms with Gasteiger partial charge in [-0.3, -0.25) is 4.79 Å². The summed E-state index contributed by atoms with van der Waals surface area (Å²) >= 11 is 1.50. The number of ether oxygens (including phenoxy) is 1. The molecule has 0 saturated heterocycles. The average molecular weight is 382 g/mol. The fourth-order valence-electron chi connectivity index (χ4n) is 2.49. The Morgan fingerprint density at radius 1 is 1.19 bits per heavy atom. The highest BCUT2D eigenvalue weighted by Crippen LogP contribution is 2.20. The molecule has 0 aliphatic rings. The van der Waals surface area contributed by atoms with Gasteiger partial charge in [0.25, 0.3) is 0 Å². The lowest BCUT2D eigenvalue weighted by atomic mass is 10.2. The number of hydrogen-bond acceptors (Lipinski definition) is 5. The summed E-state index contributed by atoms with van der Waals surface area (Å²) in [6, 6.07) is 17.5. The van der Waals surface area contributed by atoms with Crippen LogP contribution in [0.1, 0.15) is 18.2 Å². The van der Waals surface area contributed by atoms with Gasteiger partial charge in [0.2, 0.25) is 11.8 Å². The number of carbonyl (C=O) groups excluding carboxylic acids is 1. The molecule has 0 spiro atoms. The van der Waals surface area contributed by atoms with E-state index in [1.54, 1.807) is 6.26 Å². The Hall–Kier alpha value is -2.57. The Kier molecular flexibility index (Phi) is 7.07. The Morgan fingerprint density at radius 2 is 2.04 bits per heavy atom. The predicted molar refractivity (Wildman–Crippen MR) is 109 cm³/mol. The smallest absolute Gasteiger partial charge is 0.234 e. The molecule has 0 radical (unpaired) electrons. The summed E-state index contributed by atoms with van der Waals surface area (Å²) in [5.41, 5.74) is 3.59. The zero-order valence-corrected chi connectivity index (χ0v) is 16.0. The van der Waals surface area contributed by atoms with E-state index in [1.165, 1.54) is 11.8 Å². The summed E-state index contributed by atoms with van der Waals surface area (Å²) < 4.78 is 10.9. The highest BCUT2D eigenvalue weighted by atomic mass is 32.2. The Balaban J connectivity index is 1.45. The summed E-state index contributed by atoms with van der Waals surface area (Å²) in [4.78, 5) is 16.6. The van der Waals surface area contributed by atoms with E-state index in [0.717, 1.165) is 22.5 Å². The third-order valence-electron chi connectivity index (χ3n) is 3.74. The minimum atomic E-state index is -0.0414. The van der Waals surface area contributed by atoms with Gasteiger partial charge in [-0.25, -0.2) is 4.98 Å². The zero-order valence-electron chi connectivity index (χ0n) is 15.2. The van der Waals surface area contributed by atoms with Crippen molar-refractivity contribution in [1.82, 2.24) is 4.98 Å². The van der Waals surface area contributed by atoms with Crippen LogP contribution in [0.4, 0.5) is 5.69 Å². The fraction of sp³-hybridized carbons (Fsp3) is 0.238. The molecule has 0 aliphatic carbocycles. The monoisotopic (exact) mass is 382 g/mol. The SMILES string of the molecule is CCOCc1cccc(NC(=O)CSCc2coc(-c3ccccc3)n2)c1. The molecule has 2 aromatic carbocycles. The Bertz CT molecular complexity index is 865. The number of aromatic nitrogens is 1. The summed E-state index contributed by atoms with van der Waals surface area (Å²) in [5.74, 6) is 1.53. The minimum absolute atomic E-state index is 0.0414. The molecule has 140 valence electrons. The molecule has 0 saturated carbocycles. The predicted octanol–water partition coefficient (Wildman–Crippen LogP) is 4.75. The van der Waals surface area contributed by atoms with Crippen LogP contribution in [0.3, 0.4) is 0 Å². The highest BCUT2D eigenvalue weighted by molar-refractivity contribution is 7.99. The maximum absolute atomic E-state index is 12.1. The summed E-state index contributed by atoms with van der Waals surface area (Å²) in [5, 5.41) is 2.92. The number of rotatable bonds is 9. The van der Waals surface area contributed by atoms with Gasteiger partial charge in [0.1, 0.15) is 6.26 Å². The van der Waals surface area contributed by atoms with Gasteiger partial charge in [0, 0.05) is 23.6 Å². The van der Waals surface area contributed by atoms with Crippen LogP contribution in [0.25, 0.3) is 11.5 Å². The second-order valence-electron chi connectivity index (χ2n) is 5.89. The first kappa shape index (κ1) is 19.2. The maximum Gasteiger partial charge on any atom is 0.234 e. The van der Waals surface area contributed by atoms with Crippen LogP contribution in [0.5, 0.6) is 0 Å². The van der Waals surface area contributed by atoms with Crippen molar-refractivity contribution in [2.45, 2.75) is 19.3 Å². The lowest BCUT2D eigenvalue weighted by Crippen LogP contribution is -2.14. The van der Waals surface area contributed by atoms with Crippen LogP contribution in [-0.4, -0.2) is 23.3 Å². The lowest BCUT2D eigenvalue weighted by Gasteiger charge is -2.07. The van der Waals surface area contributed by atoms with E-state index in [9.17, 15) is 4.79 Å². The number of nitrogens with zero attached hydrogens (tertiary/aromatic N) is 1. The Morgan fingerprint density at radius 3 is 2.85 bits per heavy atom. The first-order valence-corrected chi connectivity index (χ1v) is 9.94. The topological polar surface area (TPSA) is 64.4 Å². The van der Waals surface area contributed by atoms with Gasteiger partial charge in [-0.2, -0.15) is 0 Å². The molecule has 0 bridgehead atoms. The number of benzene rings is 2. The normalized spacial score (nSPS) is 10.7. The largest absolute Gasteiger partial charge is 0.444 e. The fourth-order valence-corrected chi connectivity index (χ4v) is 3.19. The van der Waals surface area contributed by atoms with E-state index < -0.39 is 0 Å². The lowest BCUT2D eigenvalue weighted by molar-refractivity contribution is -0.113. The van der Waals surface area contributed by atoms with Gasteiger partial charge < -0.3 is 14.5 Å². The van der Waals surface area contributed by atoms with Crippen LogP contribution in [0.15, 0.2) is 65.3 Å². The third-order valence-corrected chi connectivity index (χ3v) is 4.71. The number of thioether (sulfide) groups is 1. The molecule has 3 rings (SSSR count). The molecule has 0 aliphatic heterocycles. The molecule has 1 N–H and O–H groups in total. The minimum Gasteiger partial charge on any atom is -0.444 e. The molecular formula is C21H22N2O3S. The number of hydrogen-bond donors (Lipinski definition) is 1. The van der Waals surface area contributed by atoms with Crippen LogP contribution >= 0.6 is 11.8 Å². The van der Waals surface area contributed by atoms with E-state index >= 15 is 0 Å². The molecule has 1 heterocycles. The van der Waals surface area contributed by atoms with Crippen molar-refractivity contribution in [2.24, 2.45) is 0 Å². The molecule has 3 aromatic rings. The van der Waals surface area contributed by atoms with Crippen molar-refractivity contribution >= 4 is 23.4 Å². The molecule has 1 aromatic heterocycles. The number of oxazole rings is 1. The van der Waals surface area contributed by atoms with Gasteiger partial charge in [-0.1, -0.05) is 30.3 Å². The van der Waals surface area contributed by atoms with E-state index in [-0.39, 0.29) is 5.91 Å². The molecule has 0 atom stereocenters. The van der Waals surface area contributed by atoms with Gasteiger partial charge >= 0.3 is 0 Å². The van der Waals surface area contributed by atoms with E-state index in [4.69, 9.17) is 9.15 Å². The maximum atomic E-state index is 12.1. The highest BCUT2D eigenvalue weighted by Gasteiger charge is 2.08. The van der Waals surface area contributed by atoms with Crippen molar-refractivity contribution in [3.05, 3.63) is 72.1 Å². The third kappa shape index (κ3) is 5.98. The van der Waals surface area contributed by atoms with Gasteiger partial charge in [0.15, 0.2) is 0 Å². The second-order valence-corrected chi connectivity index (χ2v) is 6.87. The van der Waals surface area contributed by atoms with Crippen LogP contribution in [0.2, 0.25) is 0 Å². The van der Waals surface area contributed by atoms with E-state index in [1.807, 2.05) is 61.5 Å². The molecule has 0 fully saturated rings. The van der Waals surface area contributed by atoms with Crippen molar-refractivity contribution in [3.8, 4) is 11.5 Å². The molecule has 27 heavy (non-hydrogen) atoms. The van der Waals surface area contributed by atoms with Crippen LogP contribution in [0, 0.1) is 0 Å². The number of nitrogens with one attached hydrogen (secondary N) is 1. The molecule has 6 heteroatoms. The van der Waals surface area contributed by atoms with E-state index in [2.05, 4.69) is 10.3 Å². The second kappa shape index (κ2) is 9.94. The zero-order chi connectivity index (χ0) is 18.9. The van der Waals surface area contributed by atoms with Crippen LogP contribution in [-0.2, 0) is 21.9 Å². The first-order chi connectivity index (χ1) is 13.2. The Labute approximate surface area is 163 Å². The molecular weight excluding hydrogens is 360 g/mol.